The minimum absolute atomic E-state index is 0.222. The van der Waals surface area contributed by atoms with Crippen molar-refractivity contribution in [3.8, 4) is 5.75 Å². The summed E-state index contributed by atoms with van der Waals surface area (Å²) in [4.78, 5) is 16.9. The maximum absolute atomic E-state index is 12.9. The van der Waals surface area contributed by atoms with Crippen LogP contribution in [-0.2, 0) is 15.0 Å². The number of hydrogen-bond acceptors (Lipinski definition) is 5. The molecule has 0 N–H and O–H groups in total. The second kappa shape index (κ2) is 5.12. The van der Waals surface area contributed by atoms with Crippen molar-refractivity contribution in [2.45, 2.75) is 18.6 Å². The molecule has 2 rings (SSSR count). The molecular formula is C11H13FN2O4S. The molecule has 0 spiro atoms. The molecule has 1 aromatic heterocycles. The average molecular weight is 288 g/mol. The van der Waals surface area contributed by atoms with Gasteiger partial charge in [-0.25, -0.2) is 4.98 Å². The molecule has 104 valence electrons. The third kappa shape index (κ3) is 3.01. The number of hydrogen-bond donors (Lipinski definition) is 0. The van der Waals surface area contributed by atoms with E-state index in [1.165, 1.54) is 12.3 Å². The predicted octanol–water partition coefficient (Wildman–Crippen LogP) is 0.885. The molecular weight excluding hydrogens is 275 g/mol. The first-order valence-corrected chi connectivity index (χ1v) is 7.19. The zero-order valence-electron chi connectivity index (χ0n) is 10.2. The second-order valence-corrected chi connectivity index (χ2v) is 5.71. The summed E-state index contributed by atoms with van der Waals surface area (Å²) in [6, 6.07) is 3.14. The molecule has 0 aromatic carbocycles. The molecule has 2 heterocycles. The molecule has 1 atom stereocenters. The first-order valence-electron chi connectivity index (χ1n) is 5.74. The lowest BCUT2D eigenvalue weighted by Gasteiger charge is -2.15. The fraction of sp³-hybridized carbons (Fsp3) is 0.455. The van der Waals surface area contributed by atoms with Gasteiger partial charge in [0.2, 0.25) is 5.91 Å². The van der Waals surface area contributed by atoms with Crippen molar-refractivity contribution in [2.75, 3.05) is 18.1 Å². The smallest absolute Gasteiger partial charge is 0.307 e. The van der Waals surface area contributed by atoms with Gasteiger partial charge in [0.1, 0.15) is 16.8 Å². The molecule has 0 aliphatic carbocycles. The van der Waals surface area contributed by atoms with Crippen LogP contribution in [0.1, 0.15) is 13.3 Å². The molecule has 0 radical (unpaired) electrons. The van der Waals surface area contributed by atoms with E-state index in [0.717, 1.165) is 4.90 Å². The summed E-state index contributed by atoms with van der Waals surface area (Å²) < 4.78 is 39.8. The molecule has 1 saturated heterocycles. The first-order chi connectivity index (χ1) is 8.91. The number of halogens is 1. The third-order valence-electron chi connectivity index (χ3n) is 2.79. The number of pyridine rings is 1. The maximum Gasteiger partial charge on any atom is 0.307 e. The minimum atomic E-state index is -4.72. The van der Waals surface area contributed by atoms with Crippen LogP contribution in [0.3, 0.4) is 0 Å². The fourth-order valence-corrected chi connectivity index (χ4v) is 2.56. The van der Waals surface area contributed by atoms with Crippen LogP contribution in [0.4, 0.5) is 9.70 Å². The molecule has 1 amide bonds. The normalized spacial score (nSPS) is 19.8. The standard InChI is InChI=1S/C11H13FN2O4S/c1-2-18-8-3-4-13-10(5-8)14-7-9(6-11(14)15)19(12,16)17/h3-5,9H,2,6-7H2,1H3. The number of ether oxygens (including phenoxy) is 1. The van der Waals surface area contributed by atoms with E-state index >= 15 is 0 Å². The van der Waals surface area contributed by atoms with E-state index in [1.54, 1.807) is 6.07 Å². The van der Waals surface area contributed by atoms with E-state index in [9.17, 15) is 17.1 Å². The highest BCUT2D eigenvalue weighted by Gasteiger charge is 2.39. The molecule has 0 saturated carbocycles. The minimum Gasteiger partial charge on any atom is -0.494 e. The Hall–Kier alpha value is -1.70. The van der Waals surface area contributed by atoms with E-state index < -0.39 is 21.4 Å². The number of nitrogens with zero attached hydrogens (tertiary/aromatic N) is 2. The van der Waals surface area contributed by atoms with Crippen LogP contribution < -0.4 is 9.64 Å². The van der Waals surface area contributed by atoms with Crippen molar-refractivity contribution < 1.29 is 21.8 Å². The fourth-order valence-electron chi connectivity index (χ4n) is 1.89. The van der Waals surface area contributed by atoms with Gasteiger partial charge < -0.3 is 4.74 Å². The van der Waals surface area contributed by atoms with Crippen molar-refractivity contribution in [1.82, 2.24) is 4.98 Å². The van der Waals surface area contributed by atoms with Crippen molar-refractivity contribution in [3.63, 3.8) is 0 Å². The Labute approximate surface area is 110 Å². The number of carbonyl (C=O) groups excluding carboxylic acids is 1. The number of anilines is 1. The Balaban J connectivity index is 2.23. The summed E-state index contributed by atoms with van der Waals surface area (Å²) in [5.41, 5.74) is 0. The molecule has 1 aromatic rings. The zero-order chi connectivity index (χ0) is 14.0. The molecule has 19 heavy (non-hydrogen) atoms. The van der Waals surface area contributed by atoms with E-state index in [0.29, 0.717) is 12.4 Å². The van der Waals surface area contributed by atoms with Gasteiger partial charge in [-0.15, -0.1) is 3.89 Å². The molecule has 6 nitrogen and oxygen atoms in total. The first kappa shape index (κ1) is 13.7. The monoisotopic (exact) mass is 288 g/mol. The molecule has 1 unspecified atom stereocenters. The van der Waals surface area contributed by atoms with E-state index in [-0.39, 0.29) is 18.8 Å². The van der Waals surface area contributed by atoms with E-state index in [2.05, 4.69) is 4.98 Å². The van der Waals surface area contributed by atoms with Gasteiger partial charge in [-0.1, -0.05) is 0 Å². The lowest BCUT2D eigenvalue weighted by Crippen LogP contribution is -2.27. The van der Waals surface area contributed by atoms with E-state index in [4.69, 9.17) is 4.74 Å². The molecule has 1 fully saturated rings. The number of amides is 1. The summed E-state index contributed by atoms with van der Waals surface area (Å²) in [6.45, 7) is 2.05. The Morgan fingerprint density at radius 1 is 1.58 bits per heavy atom. The number of aromatic nitrogens is 1. The van der Waals surface area contributed by atoms with Crippen molar-refractivity contribution >= 4 is 21.9 Å². The van der Waals surface area contributed by atoms with E-state index in [1.807, 2.05) is 6.92 Å². The van der Waals surface area contributed by atoms with Gasteiger partial charge in [0.15, 0.2) is 0 Å². The zero-order valence-corrected chi connectivity index (χ0v) is 11.1. The molecule has 8 heteroatoms. The van der Waals surface area contributed by atoms with Crippen LogP contribution in [0.15, 0.2) is 18.3 Å². The van der Waals surface area contributed by atoms with Crippen LogP contribution in [-0.4, -0.2) is 37.7 Å². The van der Waals surface area contributed by atoms with Crippen LogP contribution in [0.5, 0.6) is 5.75 Å². The quantitative estimate of drug-likeness (QED) is 0.769. The lowest BCUT2D eigenvalue weighted by molar-refractivity contribution is -0.117. The van der Waals surface area contributed by atoms with Gasteiger partial charge >= 0.3 is 10.2 Å². The summed E-state index contributed by atoms with van der Waals surface area (Å²) in [7, 11) is -4.72. The van der Waals surface area contributed by atoms with Gasteiger partial charge in [0.25, 0.3) is 0 Å². The Morgan fingerprint density at radius 2 is 2.32 bits per heavy atom. The average Bonchev–Trinajstić information content (AvgIpc) is 2.72. The molecule has 1 aliphatic rings. The van der Waals surface area contributed by atoms with Gasteiger partial charge in [-0.05, 0) is 13.0 Å². The van der Waals surface area contributed by atoms with Crippen molar-refractivity contribution in [1.29, 1.82) is 0 Å². The van der Waals surface area contributed by atoms with Crippen LogP contribution in [0, 0.1) is 0 Å². The Bertz CT molecular complexity index is 590. The molecule has 0 bridgehead atoms. The predicted molar refractivity (Wildman–Crippen MR) is 66.2 cm³/mol. The van der Waals surface area contributed by atoms with Gasteiger partial charge in [-0.2, -0.15) is 8.42 Å². The maximum atomic E-state index is 12.9. The Morgan fingerprint density at radius 3 is 2.89 bits per heavy atom. The van der Waals surface area contributed by atoms with Gasteiger partial charge in [-0.3, -0.25) is 9.69 Å². The topological polar surface area (TPSA) is 76.6 Å². The van der Waals surface area contributed by atoms with Crippen molar-refractivity contribution in [2.24, 2.45) is 0 Å². The summed E-state index contributed by atoms with van der Waals surface area (Å²) >= 11 is 0. The Kier molecular flexibility index (Phi) is 3.70. The highest BCUT2D eigenvalue weighted by Crippen LogP contribution is 2.26. The largest absolute Gasteiger partial charge is 0.494 e. The number of rotatable bonds is 4. The summed E-state index contributed by atoms with van der Waals surface area (Å²) in [5, 5.41) is -1.32. The SMILES string of the molecule is CCOc1ccnc(N2CC(S(=O)(=O)F)CC2=O)c1. The van der Waals surface area contributed by atoms with Crippen LogP contribution in [0.25, 0.3) is 0 Å². The van der Waals surface area contributed by atoms with Gasteiger partial charge in [0.05, 0.1) is 6.61 Å². The number of carbonyl (C=O) groups is 1. The highest BCUT2D eigenvalue weighted by atomic mass is 32.3. The molecule has 1 aliphatic heterocycles. The lowest BCUT2D eigenvalue weighted by atomic mass is 10.4. The van der Waals surface area contributed by atoms with Gasteiger partial charge in [0, 0.05) is 25.2 Å². The summed E-state index contributed by atoms with van der Waals surface area (Å²) in [6.07, 6.45) is 1.09. The van der Waals surface area contributed by atoms with Crippen LogP contribution >= 0.6 is 0 Å². The summed E-state index contributed by atoms with van der Waals surface area (Å²) in [5.74, 6) is 0.321. The van der Waals surface area contributed by atoms with Crippen LogP contribution in [0.2, 0.25) is 0 Å². The van der Waals surface area contributed by atoms with Crippen molar-refractivity contribution in [3.05, 3.63) is 18.3 Å². The third-order valence-corrected chi connectivity index (χ3v) is 3.90. The highest BCUT2D eigenvalue weighted by molar-refractivity contribution is 7.87. The second-order valence-electron chi connectivity index (χ2n) is 4.09.